The van der Waals surface area contributed by atoms with E-state index in [1.165, 1.54) is 11.3 Å². The summed E-state index contributed by atoms with van der Waals surface area (Å²) in [6.07, 6.45) is 2.26. The maximum absolute atomic E-state index is 10.9. The van der Waals surface area contributed by atoms with Gasteiger partial charge in [0.15, 0.2) is 15.2 Å². The first-order valence-electron chi connectivity index (χ1n) is 5.67. The van der Waals surface area contributed by atoms with Crippen LogP contribution in [-0.2, 0) is 0 Å². The lowest BCUT2D eigenvalue weighted by molar-refractivity contribution is 0.0702. The van der Waals surface area contributed by atoms with Crippen LogP contribution in [0.4, 0.5) is 5.13 Å². The van der Waals surface area contributed by atoms with Crippen LogP contribution in [0.15, 0.2) is 0 Å². The molecule has 0 bridgehead atoms. The van der Waals surface area contributed by atoms with Gasteiger partial charge in [-0.2, -0.15) is 0 Å². The van der Waals surface area contributed by atoms with Crippen molar-refractivity contribution in [1.29, 1.82) is 0 Å². The number of anilines is 1. The summed E-state index contributed by atoms with van der Waals surface area (Å²) in [5.74, 6) is -0.465. The first-order chi connectivity index (χ1) is 8.00. The van der Waals surface area contributed by atoms with E-state index in [0.29, 0.717) is 12.0 Å². The highest BCUT2D eigenvalue weighted by Gasteiger charge is 2.30. The van der Waals surface area contributed by atoms with Crippen LogP contribution < -0.4 is 4.90 Å². The van der Waals surface area contributed by atoms with Gasteiger partial charge in [0.1, 0.15) is 0 Å². The second kappa shape index (κ2) is 4.82. The maximum Gasteiger partial charge on any atom is 0.349 e. The predicted octanol–water partition coefficient (Wildman–Crippen LogP) is 3.12. The minimum atomic E-state index is -1.00. The zero-order valence-corrected chi connectivity index (χ0v) is 11.4. The van der Waals surface area contributed by atoms with E-state index in [-0.39, 0.29) is 10.0 Å². The molecule has 1 atom stereocenters. The predicted molar refractivity (Wildman–Crippen MR) is 69.3 cm³/mol. The van der Waals surface area contributed by atoms with Gasteiger partial charge in [-0.05, 0) is 18.8 Å². The molecule has 1 aromatic rings. The molecule has 1 aliphatic heterocycles. The fraction of sp³-hybridized carbons (Fsp3) is 0.636. The third kappa shape index (κ3) is 2.40. The summed E-state index contributed by atoms with van der Waals surface area (Å²) in [6.45, 7) is 5.29. The van der Waals surface area contributed by atoms with E-state index in [1.807, 2.05) is 0 Å². The molecule has 1 aromatic heterocycles. The number of carboxylic acid groups (broad SMARTS) is 1. The van der Waals surface area contributed by atoms with Gasteiger partial charge in [0.25, 0.3) is 0 Å². The highest BCUT2D eigenvalue weighted by molar-refractivity contribution is 7.18. The second-order valence-electron chi connectivity index (χ2n) is 4.57. The number of carbonyl (C=O) groups is 1. The fourth-order valence-corrected chi connectivity index (χ4v) is 3.48. The Morgan fingerprint density at radius 3 is 2.88 bits per heavy atom. The quantitative estimate of drug-likeness (QED) is 0.920. The minimum absolute atomic E-state index is 0.104. The first kappa shape index (κ1) is 12.6. The normalized spacial score (nSPS) is 20.2. The molecule has 4 nitrogen and oxygen atoms in total. The molecule has 0 aliphatic carbocycles. The molecule has 0 radical (unpaired) electrons. The van der Waals surface area contributed by atoms with Crippen molar-refractivity contribution >= 4 is 34.0 Å². The number of nitrogens with zero attached hydrogens (tertiary/aromatic N) is 2. The van der Waals surface area contributed by atoms with E-state index in [2.05, 4.69) is 23.7 Å². The van der Waals surface area contributed by atoms with E-state index >= 15 is 0 Å². The van der Waals surface area contributed by atoms with Crippen LogP contribution in [-0.4, -0.2) is 28.6 Å². The molecule has 0 aromatic carbocycles. The molecule has 2 heterocycles. The van der Waals surface area contributed by atoms with Gasteiger partial charge in [0.05, 0.1) is 0 Å². The van der Waals surface area contributed by atoms with Crippen molar-refractivity contribution in [3.8, 4) is 0 Å². The monoisotopic (exact) mass is 274 g/mol. The Kier molecular flexibility index (Phi) is 3.58. The SMILES string of the molecule is CC(C)C1CCCN1c1nc(Cl)c(C(=O)O)s1. The average Bonchev–Trinajstić information content (AvgIpc) is 2.82. The van der Waals surface area contributed by atoms with E-state index < -0.39 is 5.97 Å². The number of aromatic carboxylic acids is 1. The minimum Gasteiger partial charge on any atom is -0.477 e. The van der Waals surface area contributed by atoms with Crippen molar-refractivity contribution in [2.75, 3.05) is 11.4 Å². The molecule has 0 spiro atoms. The van der Waals surface area contributed by atoms with Crippen LogP contribution >= 0.6 is 22.9 Å². The molecule has 1 saturated heterocycles. The molecular weight excluding hydrogens is 260 g/mol. The molecule has 2 rings (SSSR count). The molecular formula is C11H15ClN2O2S. The molecule has 0 amide bonds. The van der Waals surface area contributed by atoms with Crippen LogP contribution in [0, 0.1) is 5.92 Å². The van der Waals surface area contributed by atoms with Crippen LogP contribution in [0.2, 0.25) is 5.15 Å². The molecule has 0 saturated carbocycles. The lowest BCUT2D eigenvalue weighted by Gasteiger charge is -2.26. The van der Waals surface area contributed by atoms with Crippen molar-refractivity contribution < 1.29 is 9.90 Å². The second-order valence-corrected chi connectivity index (χ2v) is 5.90. The topological polar surface area (TPSA) is 53.4 Å². The van der Waals surface area contributed by atoms with E-state index in [9.17, 15) is 4.79 Å². The number of hydrogen-bond acceptors (Lipinski definition) is 4. The molecule has 1 aliphatic rings. The molecule has 94 valence electrons. The summed E-state index contributed by atoms with van der Waals surface area (Å²) in [7, 11) is 0. The summed E-state index contributed by atoms with van der Waals surface area (Å²) in [4.78, 5) is 17.4. The van der Waals surface area contributed by atoms with Crippen LogP contribution in [0.5, 0.6) is 0 Å². The standard InChI is InChI=1S/C11H15ClN2O2S/c1-6(2)7-4-3-5-14(7)11-13-9(12)8(17-11)10(15)16/h6-7H,3-5H2,1-2H3,(H,15,16). The van der Waals surface area contributed by atoms with Gasteiger partial charge in [-0.1, -0.05) is 36.8 Å². The molecule has 1 fully saturated rings. The number of aromatic nitrogens is 1. The van der Waals surface area contributed by atoms with Crippen molar-refractivity contribution in [3.63, 3.8) is 0 Å². The average molecular weight is 275 g/mol. The van der Waals surface area contributed by atoms with Gasteiger partial charge < -0.3 is 10.0 Å². The third-order valence-electron chi connectivity index (χ3n) is 3.08. The fourth-order valence-electron chi connectivity index (χ4n) is 2.27. The Labute approximate surface area is 109 Å². The van der Waals surface area contributed by atoms with Crippen molar-refractivity contribution in [2.45, 2.75) is 32.7 Å². The van der Waals surface area contributed by atoms with Gasteiger partial charge in [-0.25, -0.2) is 9.78 Å². The Morgan fingerprint density at radius 2 is 2.35 bits per heavy atom. The number of rotatable bonds is 3. The van der Waals surface area contributed by atoms with E-state index in [0.717, 1.165) is 24.5 Å². The number of carboxylic acids is 1. The first-order valence-corrected chi connectivity index (χ1v) is 6.86. The summed E-state index contributed by atoms with van der Waals surface area (Å²) in [5, 5.41) is 9.81. The van der Waals surface area contributed by atoms with E-state index in [1.54, 1.807) is 0 Å². The molecule has 17 heavy (non-hydrogen) atoms. The Morgan fingerprint density at radius 1 is 1.65 bits per heavy atom. The summed E-state index contributed by atoms with van der Waals surface area (Å²) in [6, 6.07) is 0.443. The summed E-state index contributed by atoms with van der Waals surface area (Å²) in [5.41, 5.74) is 0. The Bertz CT molecular complexity index is 433. The van der Waals surface area contributed by atoms with Crippen molar-refractivity contribution in [2.24, 2.45) is 5.92 Å². The molecule has 1 N–H and O–H groups in total. The van der Waals surface area contributed by atoms with Gasteiger partial charge >= 0.3 is 5.97 Å². The number of thiazole rings is 1. The Balaban J connectivity index is 2.28. The van der Waals surface area contributed by atoms with Crippen LogP contribution in [0.1, 0.15) is 36.4 Å². The van der Waals surface area contributed by atoms with Crippen molar-refractivity contribution in [1.82, 2.24) is 4.98 Å². The van der Waals surface area contributed by atoms with Gasteiger partial charge in [-0.3, -0.25) is 0 Å². The number of halogens is 1. The number of hydrogen-bond donors (Lipinski definition) is 1. The lowest BCUT2D eigenvalue weighted by Crippen LogP contribution is -2.33. The summed E-state index contributed by atoms with van der Waals surface area (Å²) >= 11 is 7.01. The summed E-state index contributed by atoms with van der Waals surface area (Å²) < 4.78 is 0. The zero-order valence-electron chi connectivity index (χ0n) is 9.81. The highest BCUT2D eigenvalue weighted by Crippen LogP contribution is 2.35. The third-order valence-corrected chi connectivity index (χ3v) is 4.55. The smallest absolute Gasteiger partial charge is 0.349 e. The van der Waals surface area contributed by atoms with Crippen LogP contribution in [0.3, 0.4) is 0 Å². The largest absolute Gasteiger partial charge is 0.477 e. The van der Waals surface area contributed by atoms with E-state index in [4.69, 9.17) is 16.7 Å². The van der Waals surface area contributed by atoms with Gasteiger partial charge in [0.2, 0.25) is 0 Å². The van der Waals surface area contributed by atoms with Crippen molar-refractivity contribution in [3.05, 3.63) is 10.0 Å². The highest BCUT2D eigenvalue weighted by atomic mass is 35.5. The van der Waals surface area contributed by atoms with Crippen LogP contribution in [0.25, 0.3) is 0 Å². The molecule has 1 unspecified atom stereocenters. The lowest BCUT2D eigenvalue weighted by atomic mass is 10.0. The zero-order chi connectivity index (χ0) is 12.6. The van der Waals surface area contributed by atoms with Gasteiger partial charge in [-0.15, -0.1) is 0 Å². The maximum atomic E-state index is 10.9. The molecule has 6 heteroatoms. The van der Waals surface area contributed by atoms with Gasteiger partial charge in [0, 0.05) is 12.6 Å². The Hall–Kier alpha value is -0.810.